The van der Waals surface area contributed by atoms with Gasteiger partial charge in [0, 0.05) is 24.5 Å². The summed E-state index contributed by atoms with van der Waals surface area (Å²) in [5.74, 6) is 0.496. The molecule has 0 amide bonds. The summed E-state index contributed by atoms with van der Waals surface area (Å²) in [4.78, 5) is 8.10. The Morgan fingerprint density at radius 3 is 2.28 bits per heavy atom. The van der Waals surface area contributed by atoms with Crippen molar-refractivity contribution in [2.45, 2.75) is 13.0 Å². The van der Waals surface area contributed by atoms with Gasteiger partial charge in [0.25, 0.3) is 6.43 Å². The summed E-state index contributed by atoms with van der Waals surface area (Å²) in [5.41, 5.74) is 0.921. The third kappa shape index (κ3) is 3.46. The lowest BCUT2D eigenvalue weighted by Gasteiger charge is -2.05. The molecule has 1 aromatic heterocycles. The Hall–Kier alpha value is -1.56. The molecule has 0 aliphatic carbocycles. The van der Waals surface area contributed by atoms with Gasteiger partial charge in [-0.3, -0.25) is 0 Å². The number of halogens is 3. The standard InChI is InChI=1S/C12H10BrF2N3/c13-10-6-17-12(18-7-10)16-5-8-1-3-9(4-2-8)11(14)15/h1-4,6-7,11H,5H2,(H,16,17,18). The van der Waals surface area contributed by atoms with Crippen molar-refractivity contribution >= 4 is 21.9 Å². The Morgan fingerprint density at radius 2 is 1.72 bits per heavy atom. The number of hydrogen-bond acceptors (Lipinski definition) is 3. The van der Waals surface area contributed by atoms with E-state index in [1.807, 2.05) is 0 Å². The molecule has 0 saturated carbocycles. The van der Waals surface area contributed by atoms with E-state index in [1.54, 1.807) is 24.5 Å². The van der Waals surface area contributed by atoms with Gasteiger partial charge in [0.15, 0.2) is 0 Å². The molecule has 3 nitrogen and oxygen atoms in total. The fourth-order valence-corrected chi connectivity index (χ4v) is 1.57. The van der Waals surface area contributed by atoms with Crippen LogP contribution in [-0.4, -0.2) is 9.97 Å². The molecule has 0 aliphatic heterocycles. The maximum atomic E-state index is 12.3. The second kappa shape index (κ2) is 5.86. The molecule has 6 heteroatoms. The normalized spacial score (nSPS) is 10.7. The summed E-state index contributed by atoms with van der Waals surface area (Å²) < 4.78 is 25.5. The van der Waals surface area contributed by atoms with E-state index >= 15 is 0 Å². The first-order valence-electron chi connectivity index (χ1n) is 5.23. The first-order chi connectivity index (χ1) is 8.65. The van der Waals surface area contributed by atoms with Gasteiger partial charge < -0.3 is 5.32 Å². The molecule has 0 saturated heterocycles. The lowest BCUT2D eigenvalue weighted by atomic mass is 10.1. The Morgan fingerprint density at radius 1 is 1.11 bits per heavy atom. The van der Waals surface area contributed by atoms with Crippen molar-refractivity contribution in [2.24, 2.45) is 0 Å². The average molecular weight is 314 g/mol. The summed E-state index contributed by atoms with van der Waals surface area (Å²) in [6.07, 6.45) is 0.839. The summed E-state index contributed by atoms with van der Waals surface area (Å²) in [6.45, 7) is 0.491. The van der Waals surface area contributed by atoms with E-state index in [1.165, 1.54) is 12.1 Å². The maximum Gasteiger partial charge on any atom is 0.263 e. The molecule has 0 bridgehead atoms. The molecule has 1 aromatic carbocycles. The Balaban J connectivity index is 1.95. The van der Waals surface area contributed by atoms with E-state index in [-0.39, 0.29) is 5.56 Å². The highest BCUT2D eigenvalue weighted by molar-refractivity contribution is 9.10. The van der Waals surface area contributed by atoms with Crippen LogP contribution in [0, 0.1) is 0 Å². The van der Waals surface area contributed by atoms with E-state index in [0.29, 0.717) is 12.5 Å². The largest absolute Gasteiger partial charge is 0.350 e. The lowest BCUT2D eigenvalue weighted by Crippen LogP contribution is -2.03. The minimum absolute atomic E-state index is 0.0265. The van der Waals surface area contributed by atoms with Crippen molar-refractivity contribution in [1.29, 1.82) is 0 Å². The van der Waals surface area contributed by atoms with Crippen LogP contribution < -0.4 is 5.32 Å². The zero-order valence-corrected chi connectivity index (χ0v) is 10.9. The van der Waals surface area contributed by atoms with Crippen LogP contribution in [0.1, 0.15) is 17.6 Å². The Kier molecular flexibility index (Phi) is 4.19. The van der Waals surface area contributed by atoms with Crippen molar-refractivity contribution in [3.63, 3.8) is 0 Å². The SMILES string of the molecule is FC(F)c1ccc(CNc2ncc(Br)cn2)cc1. The van der Waals surface area contributed by atoms with Gasteiger partial charge in [-0.15, -0.1) is 0 Å². The van der Waals surface area contributed by atoms with E-state index in [9.17, 15) is 8.78 Å². The van der Waals surface area contributed by atoms with Gasteiger partial charge in [0.05, 0.1) is 4.47 Å². The molecule has 94 valence electrons. The summed E-state index contributed by atoms with van der Waals surface area (Å²) in [7, 11) is 0. The van der Waals surface area contributed by atoms with Crippen LogP contribution >= 0.6 is 15.9 Å². The molecule has 2 rings (SSSR count). The molecule has 0 spiro atoms. The second-order valence-electron chi connectivity index (χ2n) is 3.62. The fraction of sp³-hybridized carbons (Fsp3) is 0.167. The van der Waals surface area contributed by atoms with Crippen LogP contribution in [0.5, 0.6) is 0 Å². The van der Waals surface area contributed by atoms with Gasteiger partial charge in [-0.2, -0.15) is 0 Å². The first kappa shape index (κ1) is 12.9. The topological polar surface area (TPSA) is 37.8 Å². The summed E-state index contributed by atoms with van der Waals surface area (Å²) in [5, 5.41) is 3.01. The molecule has 0 atom stereocenters. The number of nitrogens with one attached hydrogen (secondary N) is 1. The molecule has 1 N–H and O–H groups in total. The number of hydrogen-bond donors (Lipinski definition) is 1. The number of anilines is 1. The van der Waals surface area contributed by atoms with Gasteiger partial charge in [-0.05, 0) is 21.5 Å². The smallest absolute Gasteiger partial charge is 0.263 e. The van der Waals surface area contributed by atoms with E-state index in [2.05, 4.69) is 31.2 Å². The molecule has 0 aliphatic rings. The number of aromatic nitrogens is 2. The highest BCUT2D eigenvalue weighted by atomic mass is 79.9. The molecular formula is C12H10BrF2N3. The number of benzene rings is 1. The van der Waals surface area contributed by atoms with Gasteiger partial charge in [0.2, 0.25) is 5.95 Å². The molecule has 0 radical (unpaired) electrons. The fourth-order valence-electron chi connectivity index (χ4n) is 1.37. The molecule has 2 aromatic rings. The predicted molar refractivity (Wildman–Crippen MR) is 68.5 cm³/mol. The minimum Gasteiger partial charge on any atom is -0.350 e. The molecular weight excluding hydrogens is 304 g/mol. The van der Waals surface area contributed by atoms with Crippen LogP contribution in [0.3, 0.4) is 0 Å². The zero-order valence-electron chi connectivity index (χ0n) is 9.28. The van der Waals surface area contributed by atoms with Crippen LogP contribution in [0.2, 0.25) is 0 Å². The van der Waals surface area contributed by atoms with Crippen LogP contribution in [0.4, 0.5) is 14.7 Å². The third-order valence-electron chi connectivity index (χ3n) is 2.30. The van der Waals surface area contributed by atoms with Crippen molar-refractivity contribution in [2.75, 3.05) is 5.32 Å². The third-order valence-corrected chi connectivity index (χ3v) is 2.71. The Labute approximate surface area is 111 Å². The van der Waals surface area contributed by atoms with Crippen molar-refractivity contribution in [1.82, 2.24) is 9.97 Å². The quantitative estimate of drug-likeness (QED) is 0.933. The molecule has 1 heterocycles. The lowest BCUT2D eigenvalue weighted by molar-refractivity contribution is 0.151. The van der Waals surface area contributed by atoms with Crippen LogP contribution in [-0.2, 0) is 6.54 Å². The number of alkyl halides is 2. The average Bonchev–Trinajstić information content (AvgIpc) is 2.38. The van der Waals surface area contributed by atoms with E-state index in [0.717, 1.165) is 10.0 Å². The predicted octanol–water partition coefficient (Wildman–Crippen LogP) is 3.79. The van der Waals surface area contributed by atoms with Gasteiger partial charge in [0.1, 0.15) is 0 Å². The van der Waals surface area contributed by atoms with Gasteiger partial charge in [-0.1, -0.05) is 24.3 Å². The van der Waals surface area contributed by atoms with Crippen LogP contribution in [0.25, 0.3) is 0 Å². The van der Waals surface area contributed by atoms with Gasteiger partial charge in [-0.25, -0.2) is 18.7 Å². The van der Waals surface area contributed by atoms with Crippen molar-refractivity contribution in [3.05, 3.63) is 52.3 Å². The highest BCUT2D eigenvalue weighted by Gasteiger charge is 2.05. The highest BCUT2D eigenvalue weighted by Crippen LogP contribution is 2.18. The minimum atomic E-state index is -2.43. The van der Waals surface area contributed by atoms with Gasteiger partial charge >= 0.3 is 0 Å². The van der Waals surface area contributed by atoms with Crippen molar-refractivity contribution in [3.8, 4) is 0 Å². The first-order valence-corrected chi connectivity index (χ1v) is 6.03. The maximum absolute atomic E-state index is 12.3. The molecule has 0 fully saturated rings. The molecule has 0 unspecified atom stereocenters. The molecule has 18 heavy (non-hydrogen) atoms. The zero-order chi connectivity index (χ0) is 13.0. The van der Waals surface area contributed by atoms with E-state index in [4.69, 9.17) is 0 Å². The second-order valence-corrected chi connectivity index (χ2v) is 4.54. The Bertz CT molecular complexity index is 500. The number of rotatable bonds is 4. The van der Waals surface area contributed by atoms with E-state index < -0.39 is 6.43 Å². The monoisotopic (exact) mass is 313 g/mol. The summed E-state index contributed by atoms with van der Waals surface area (Å²) >= 11 is 3.24. The van der Waals surface area contributed by atoms with Crippen LogP contribution in [0.15, 0.2) is 41.1 Å². The number of nitrogens with zero attached hydrogens (tertiary/aromatic N) is 2. The summed E-state index contributed by atoms with van der Waals surface area (Å²) in [6, 6.07) is 6.16. The van der Waals surface area contributed by atoms with Crippen molar-refractivity contribution < 1.29 is 8.78 Å².